The van der Waals surface area contributed by atoms with Crippen LogP contribution in [0.3, 0.4) is 0 Å². The van der Waals surface area contributed by atoms with Gasteiger partial charge in [0.05, 0.1) is 13.7 Å². The van der Waals surface area contributed by atoms with Crippen molar-refractivity contribution < 1.29 is 37.0 Å². The predicted octanol–water partition coefficient (Wildman–Crippen LogP) is 5.29. The topological polar surface area (TPSA) is 68.3 Å². The highest BCUT2D eigenvalue weighted by Crippen LogP contribution is 2.47. The molecule has 10 heteroatoms. The second-order valence-electron chi connectivity index (χ2n) is 10.7. The number of carbonyl (C=O) groups excluding carboxylic acids is 2. The van der Waals surface area contributed by atoms with Gasteiger partial charge in [0.25, 0.3) is 5.91 Å². The van der Waals surface area contributed by atoms with Crippen molar-refractivity contribution in [3.05, 3.63) is 59.7 Å². The van der Waals surface area contributed by atoms with Crippen LogP contribution < -0.4 is 9.47 Å². The van der Waals surface area contributed by atoms with Crippen LogP contribution in [0.15, 0.2) is 48.5 Å². The van der Waals surface area contributed by atoms with Gasteiger partial charge in [-0.2, -0.15) is 13.2 Å². The summed E-state index contributed by atoms with van der Waals surface area (Å²) in [6.07, 6.45) is -5.02. The van der Waals surface area contributed by atoms with E-state index in [1.807, 2.05) is 24.3 Å². The van der Waals surface area contributed by atoms with E-state index in [2.05, 4.69) is 18.7 Å². The molecule has 7 nitrogen and oxygen atoms in total. The summed E-state index contributed by atoms with van der Waals surface area (Å²) in [5.74, 6) is -1.00. The maximum absolute atomic E-state index is 13.4. The Morgan fingerprint density at radius 3 is 2.26 bits per heavy atom. The average Bonchev–Trinajstić information content (AvgIpc) is 3.25. The third-order valence-corrected chi connectivity index (χ3v) is 7.50. The summed E-state index contributed by atoms with van der Waals surface area (Å²) in [6, 6.07) is 14.2. The van der Waals surface area contributed by atoms with Crippen LogP contribution in [0.5, 0.6) is 11.5 Å². The molecule has 0 N–H and O–H groups in total. The molecule has 4 rings (SSSR count). The highest BCUT2D eigenvalue weighted by molar-refractivity contribution is 5.95. The van der Waals surface area contributed by atoms with Crippen LogP contribution in [0.2, 0.25) is 0 Å². The molecule has 1 atom stereocenters. The minimum absolute atomic E-state index is 0.201. The zero-order chi connectivity index (χ0) is 28.2. The number of esters is 1. The highest BCUT2D eigenvalue weighted by Gasteiger charge is 2.55. The standard InChI is InChI=1S/C29H35F3N2O5/c1-20(2)19-38-24-7-5-4-6-22(24)18-33-15-12-28(13-16-33)14-17-34(26(28)39-27(36)29(30,31)32)25(35)21-8-10-23(37-3)11-9-21/h4-11,20,26H,12-19H2,1-3H3. The molecular weight excluding hydrogens is 513 g/mol. The van der Waals surface area contributed by atoms with E-state index in [0.717, 1.165) is 11.3 Å². The number of rotatable bonds is 8. The number of para-hydroxylation sites is 1. The zero-order valence-electron chi connectivity index (χ0n) is 22.5. The summed E-state index contributed by atoms with van der Waals surface area (Å²) in [7, 11) is 1.50. The molecule has 212 valence electrons. The van der Waals surface area contributed by atoms with Gasteiger partial charge in [-0.1, -0.05) is 32.0 Å². The van der Waals surface area contributed by atoms with Gasteiger partial charge in [0.1, 0.15) is 11.5 Å². The normalized spacial score (nSPS) is 19.4. The lowest BCUT2D eigenvalue weighted by atomic mass is 9.76. The van der Waals surface area contributed by atoms with Gasteiger partial charge in [-0.05, 0) is 68.6 Å². The number of halogens is 3. The molecule has 2 aliphatic rings. The van der Waals surface area contributed by atoms with Crippen molar-refractivity contribution in [2.24, 2.45) is 11.3 Å². The number of benzene rings is 2. The molecule has 2 fully saturated rings. The average molecular weight is 549 g/mol. The van der Waals surface area contributed by atoms with Crippen LogP contribution >= 0.6 is 0 Å². The van der Waals surface area contributed by atoms with E-state index in [9.17, 15) is 22.8 Å². The van der Waals surface area contributed by atoms with Crippen LogP contribution in [0.1, 0.15) is 49.0 Å². The highest BCUT2D eigenvalue weighted by atomic mass is 19.4. The van der Waals surface area contributed by atoms with E-state index in [1.165, 1.54) is 12.0 Å². The molecular formula is C29H35F3N2O5. The van der Waals surface area contributed by atoms with Crippen molar-refractivity contribution in [2.45, 2.75) is 52.1 Å². The first-order chi connectivity index (χ1) is 18.5. The number of alkyl halides is 3. The lowest BCUT2D eigenvalue weighted by Gasteiger charge is -2.43. The lowest BCUT2D eigenvalue weighted by molar-refractivity contribution is -0.217. The number of piperidine rings is 1. The Hall–Kier alpha value is -3.27. The predicted molar refractivity (Wildman–Crippen MR) is 138 cm³/mol. The zero-order valence-corrected chi connectivity index (χ0v) is 22.5. The van der Waals surface area contributed by atoms with E-state index in [-0.39, 0.29) is 12.1 Å². The fraction of sp³-hybridized carbons (Fsp3) is 0.517. The summed E-state index contributed by atoms with van der Waals surface area (Å²) in [4.78, 5) is 28.8. The number of methoxy groups -OCH3 is 1. The first-order valence-corrected chi connectivity index (χ1v) is 13.2. The molecule has 39 heavy (non-hydrogen) atoms. The van der Waals surface area contributed by atoms with E-state index in [4.69, 9.17) is 14.2 Å². The molecule has 1 amide bonds. The Morgan fingerprint density at radius 1 is 1.00 bits per heavy atom. The van der Waals surface area contributed by atoms with Gasteiger partial charge >= 0.3 is 12.1 Å². The first-order valence-electron chi connectivity index (χ1n) is 13.2. The Labute approximate surface area is 226 Å². The van der Waals surface area contributed by atoms with Gasteiger partial charge in [0.2, 0.25) is 0 Å². The minimum Gasteiger partial charge on any atom is -0.497 e. The Bertz CT molecular complexity index is 1140. The van der Waals surface area contributed by atoms with Crippen molar-refractivity contribution >= 4 is 11.9 Å². The fourth-order valence-electron chi connectivity index (χ4n) is 5.30. The second-order valence-corrected chi connectivity index (χ2v) is 10.7. The molecule has 0 bridgehead atoms. The molecule has 2 heterocycles. The molecule has 0 radical (unpaired) electrons. The van der Waals surface area contributed by atoms with Crippen LogP contribution in [-0.2, 0) is 16.1 Å². The maximum atomic E-state index is 13.4. The molecule has 2 aliphatic heterocycles. The fourth-order valence-corrected chi connectivity index (χ4v) is 5.30. The third-order valence-electron chi connectivity index (χ3n) is 7.50. The van der Waals surface area contributed by atoms with E-state index in [0.29, 0.717) is 57.2 Å². The van der Waals surface area contributed by atoms with Gasteiger partial charge in [-0.3, -0.25) is 9.69 Å². The van der Waals surface area contributed by atoms with Crippen molar-refractivity contribution in [3.63, 3.8) is 0 Å². The Balaban J connectivity index is 1.50. The number of likely N-dealkylation sites (tertiary alicyclic amines) is 2. The number of amides is 1. The summed E-state index contributed by atoms with van der Waals surface area (Å²) < 4.78 is 55.9. The monoisotopic (exact) mass is 548 g/mol. The number of hydrogen-bond acceptors (Lipinski definition) is 6. The van der Waals surface area contributed by atoms with Crippen molar-refractivity contribution in [2.75, 3.05) is 33.4 Å². The first kappa shape index (κ1) is 28.7. The molecule has 0 aliphatic carbocycles. The quantitative estimate of drug-likeness (QED) is 0.418. The summed E-state index contributed by atoms with van der Waals surface area (Å²) in [5.41, 5.74) is 0.570. The molecule has 2 aromatic carbocycles. The van der Waals surface area contributed by atoms with Crippen LogP contribution in [0.25, 0.3) is 0 Å². The van der Waals surface area contributed by atoms with Crippen LogP contribution in [0.4, 0.5) is 13.2 Å². The molecule has 2 saturated heterocycles. The largest absolute Gasteiger partial charge is 0.497 e. The number of carbonyl (C=O) groups is 2. The molecule has 0 saturated carbocycles. The molecule has 1 spiro atoms. The maximum Gasteiger partial charge on any atom is 0.491 e. The molecule has 0 aromatic heterocycles. The number of ether oxygens (including phenoxy) is 3. The second kappa shape index (κ2) is 11.9. The van der Waals surface area contributed by atoms with E-state index >= 15 is 0 Å². The molecule has 1 unspecified atom stereocenters. The smallest absolute Gasteiger partial charge is 0.491 e. The third kappa shape index (κ3) is 6.66. The lowest BCUT2D eigenvalue weighted by Crippen LogP contribution is -2.51. The van der Waals surface area contributed by atoms with Gasteiger partial charge in [0, 0.05) is 29.6 Å². The SMILES string of the molecule is COc1ccc(C(=O)N2CCC3(CCN(Cc4ccccc4OCC(C)C)CC3)C2OC(=O)C(F)(F)F)cc1. The van der Waals surface area contributed by atoms with Crippen molar-refractivity contribution in [1.29, 1.82) is 0 Å². The van der Waals surface area contributed by atoms with Crippen molar-refractivity contribution in [1.82, 2.24) is 9.80 Å². The van der Waals surface area contributed by atoms with Gasteiger partial charge in [0.15, 0.2) is 6.23 Å². The van der Waals surface area contributed by atoms with Gasteiger partial charge in [-0.15, -0.1) is 0 Å². The number of hydrogen-bond donors (Lipinski definition) is 0. The molecule has 2 aromatic rings. The van der Waals surface area contributed by atoms with E-state index < -0.39 is 29.7 Å². The van der Waals surface area contributed by atoms with Crippen LogP contribution in [0, 0.1) is 11.3 Å². The number of nitrogens with zero attached hydrogens (tertiary/aromatic N) is 2. The summed E-state index contributed by atoms with van der Waals surface area (Å²) in [6.45, 7) is 6.77. The summed E-state index contributed by atoms with van der Waals surface area (Å²) >= 11 is 0. The Morgan fingerprint density at radius 2 is 1.64 bits per heavy atom. The van der Waals surface area contributed by atoms with Crippen molar-refractivity contribution in [3.8, 4) is 11.5 Å². The van der Waals surface area contributed by atoms with Crippen LogP contribution in [-0.4, -0.2) is 67.4 Å². The van der Waals surface area contributed by atoms with Gasteiger partial charge < -0.3 is 19.1 Å². The minimum atomic E-state index is -5.15. The van der Waals surface area contributed by atoms with Gasteiger partial charge in [-0.25, -0.2) is 4.79 Å². The Kier molecular flexibility index (Phi) is 8.73. The summed E-state index contributed by atoms with van der Waals surface area (Å²) in [5, 5.41) is 0. The van der Waals surface area contributed by atoms with E-state index in [1.54, 1.807) is 24.3 Å².